The first-order valence-electron chi connectivity index (χ1n) is 7.56. The minimum atomic E-state index is -0.147. The summed E-state index contributed by atoms with van der Waals surface area (Å²) in [4.78, 5) is 16.9. The molecule has 0 radical (unpaired) electrons. The number of halogens is 1. The van der Waals surface area contributed by atoms with Crippen LogP contribution >= 0.6 is 11.6 Å². The first-order chi connectivity index (χ1) is 10.6. The van der Waals surface area contributed by atoms with Crippen molar-refractivity contribution < 1.29 is 4.79 Å². The zero-order chi connectivity index (χ0) is 15.3. The van der Waals surface area contributed by atoms with E-state index in [1.807, 2.05) is 11.6 Å². The summed E-state index contributed by atoms with van der Waals surface area (Å²) in [6, 6.07) is 0.0409. The molecule has 1 fully saturated rings. The maximum Gasteiger partial charge on any atom is 0.256 e. The molecule has 1 unspecified atom stereocenters. The van der Waals surface area contributed by atoms with Gasteiger partial charge in [0.15, 0.2) is 5.15 Å². The van der Waals surface area contributed by atoms with Crippen molar-refractivity contribution in [2.45, 2.75) is 51.1 Å². The quantitative estimate of drug-likeness (QED) is 0.898. The molecule has 4 rings (SSSR count). The molecule has 0 aromatic carbocycles. The highest BCUT2D eigenvalue weighted by molar-refractivity contribution is 6.32. The van der Waals surface area contributed by atoms with E-state index in [-0.39, 0.29) is 17.1 Å². The van der Waals surface area contributed by atoms with E-state index in [0.717, 1.165) is 43.0 Å². The average Bonchev–Trinajstić information content (AvgIpc) is 3.14. The first kappa shape index (κ1) is 13.8. The lowest BCUT2D eigenvalue weighted by Crippen LogP contribution is -2.41. The molecule has 8 heteroatoms. The molecule has 1 aliphatic heterocycles. The van der Waals surface area contributed by atoms with Crippen LogP contribution in [-0.2, 0) is 13.0 Å². The topological polar surface area (TPSA) is 88.5 Å². The Morgan fingerprint density at radius 1 is 1.41 bits per heavy atom. The molecule has 0 bridgehead atoms. The monoisotopic (exact) mass is 320 g/mol. The van der Waals surface area contributed by atoms with Gasteiger partial charge in [0.05, 0.1) is 17.8 Å². The molecule has 1 aliphatic carbocycles. The standard InChI is InChI=1S/C14H17ClN6O/c1-7-16-10-5-4-9(6-21(10)20-7)17-14(22)11-12(8-2-3-8)18-19-13(11)15/h8-9H,2-6H2,1H3,(H,17,22)(H,18,19). The van der Waals surface area contributed by atoms with Crippen molar-refractivity contribution in [3.05, 3.63) is 28.1 Å². The number of hydrogen-bond acceptors (Lipinski definition) is 4. The summed E-state index contributed by atoms with van der Waals surface area (Å²) in [5.74, 6) is 2.02. The summed E-state index contributed by atoms with van der Waals surface area (Å²) >= 11 is 6.08. The molecule has 1 amide bonds. The van der Waals surface area contributed by atoms with Crippen LogP contribution in [0.1, 0.15) is 52.9 Å². The molecule has 7 nitrogen and oxygen atoms in total. The van der Waals surface area contributed by atoms with Gasteiger partial charge in [0.1, 0.15) is 11.6 Å². The maximum absolute atomic E-state index is 12.6. The second kappa shape index (κ2) is 5.08. The van der Waals surface area contributed by atoms with Crippen molar-refractivity contribution in [3.8, 4) is 0 Å². The number of nitrogens with one attached hydrogen (secondary N) is 2. The summed E-state index contributed by atoms with van der Waals surface area (Å²) < 4.78 is 1.88. The third-order valence-corrected chi connectivity index (χ3v) is 4.54. The molecule has 2 aliphatic rings. The van der Waals surface area contributed by atoms with E-state index in [1.165, 1.54) is 0 Å². The van der Waals surface area contributed by atoms with E-state index in [4.69, 9.17) is 11.6 Å². The van der Waals surface area contributed by atoms with Crippen molar-refractivity contribution in [2.75, 3.05) is 0 Å². The second-order valence-corrected chi connectivity index (χ2v) is 6.40. The second-order valence-electron chi connectivity index (χ2n) is 6.04. The van der Waals surface area contributed by atoms with Gasteiger partial charge >= 0.3 is 0 Å². The predicted molar refractivity (Wildman–Crippen MR) is 79.9 cm³/mol. The van der Waals surface area contributed by atoms with E-state index < -0.39 is 0 Å². The Morgan fingerprint density at radius 2 is 2.23 bits per heavy atom. The molecule has 1 saturated carbocycles. The van der Waals surface area contributed by atoms with Crippen LogP contribution in [0.5, 0.6) is 0 Å². The molecule has 0 saturated heterocycles. The molecule has 22 heavy (non-hydrogen) atoms. The largest absolute Gasteiger partial charge is 0.347 e. The number of hydrogen-bond donors (Lipinski definition) is 2. The Morgan fingerprint density at radius 3 is 3.00 bits per heavy atom. The number of rotatable bonds is 3. The van der Waals surface area contributed by atoms with Gasteiger partial charge in [-0.3, -0.25) is 9.89 Å². The highest BCUT2D eigenvalue weighted by Crippen LogP contribution is 2.41. The Bertz CT molecular complexity index is 732. The highest BCUT2D eigenvalue weighted by atomic mass is 35.5. The van der Waals surface area contributed by atoms with E-state index >= 15 is 0 Å². The first-order valence-corrected chi connectivity index (χ1v) is 7.94. The van der Waals surface area contributed by atoms with Gasteiger partial charge in [0.25, 0.3) is 5.91 Å². The molecule has 2 aromatic rings. The van der Waals surface area contributed by atoms with Gasteiger partial charge in [0.2, 0.25) is 0 Å². The summed E-state index contributed by atoms with van der Waals surface area (Å²) in [7, 11) is 0. The summed E-state index contributed by atoms with van der Waals surface area (Å²) in [6.07, 6.45) is 3.85. The van der Waals surface area contributed by atoms with Gasteiger partial charge in [-0.05, 0) is 26.2 Å². The highest BCUT2D eigenvalue weighted by Gasteiger charge is 2.33. The van der Waals surface area contributed by atoms with Crippen molar-refractivity contribution in [3.63, 3.8) is 0 Å². The SMILES string of the molecule is Cc1nc2n(n1)CC(NC(=O)c1c(Cl)n[nH]c1C1CC1)CC2. The molecule has 2 aromatic heterocycles. The summed E-state index contributed by atoms with van der Waals surface area (Å²) in [5, 5.41) is 14.6. The number of H-pyrrole nitrogens is 1. The smallest absolute Gasteiger partial charge is 0.256 e. The third-order valence-electron chi connectivity index (χ3n) is 4.26. The number of fused-ring (bicyclic) bond motifs is 1. The Balaban J connectivity index is 1.50. The van der Waals surface area contributed by atoms with Crippen LogP contribution in [0, 0.1) is 6.92 Å². The number of aryl methyl sites for hydroxylation is 2. The van der Waals surface area contributed by atoms with E-state index in [2.05, 4.69) is 25.6 Å². The number of nitrogens with zero attached hydrogens (tertiary/aromatic N) is 4. The fraction of sp³-hybridized carbons (Fsp3) is 0.571. The summed E-state index contributed by atoms with van der Waals surface area (Å²) in [5.41, 5.74) is 1.38. The van der Waals surface area contributed by atoms with Crippen LogP contribution < -0.4 is 5.32 Å². The molecule has 2 N–H and O–H groups in total. The molecule has 3 heterocycles. The Hall–Kier alpha value is -1.89. The van der Waals surface area contributed by atoms with Crippen LogP contribution in [0.25, 0.3) is 0 Å². The van der Waals surface area contributed by atoms with Crippen LogP contribution in [0.15, 0.2) is 0 Å². The number of carbonyl (C=O) groups is 1. The van der Waals surface area contributed by atoms with Gasteiger partial charge in [0, 0.05) is 18.4 Å². The Kier molecular flexibility index (Phi) is 3.18. The maximum atomic E-state index is 12.6. The van der Waals surface area contributed by atoms with Gasteiger partial charge in [-0.25, -0.2) is 9.67 Å². The molecular formula is C14H17ClN6O. The van der Waals surface area contributed by atoms with Crippen LogP contribution in [0.3, 0.4) is 0 Å². The Labute approximate surface area is 132 Å². The zero-order valence-electron chi connectivity index (χ0n) is 12.3. The van der Waals surface area contributed by atoms with Gasteiger partial charge in [-0.1, -0.05) is 11.6 Å². The van der Waals surface area contributed by atoms with Gasteiger partial charge in [-0.15, -0.1) is 0 Å². The normalized spacial score (nSPS) is 20.7. The van der Waals surface area contributed by atoms with E-state index in [9.17, 15) is 4.79 Å². The lowest BCUT2D eigenvalue weighted by Gasteiger charge is -2.23. The van der Waals surface area contributed by atoms with Crippen LogP contribution in [0.4, 0.5) is 0 Å². The zero-order valence-corrected chi connectivity index (χ0v) is 13.0. The lowest BCUT2D eigenvalue weighted by atomic mass is 10.1. The number of aromatic nitrogens is 5. The van der Waals surface area contributed by atoms with Crippen molar-refractivity contribution in [1.82, 2.24) is 30.3 Å². The molecule has 116 valence electrons. The van der Waals surface area contributed by atoms with Crippen molar-refractivity contribution in [1.29, 1.82) is 0 Å². The number of aromatic amines is 1. The van der Waals surface area contributed by atoms with Crippen LogP contribution in [-0.4, -0.2) is 36.9 Å². The lowest BCUT2D eigenvalue weighted by molar-refractivity contribution is 0.0925. The average molecular weight is 321 g/mol. The number of carbonyl (C=O) groups excluding carboxylic acids is 1. The predicted octanol–water partition coefficient (Wildman–Crippen LogP) is 1.59. The molecule has 0 spiro atoms. The van der Waals surface area contributed by atoms with Crippen LogP contribution in [0.2, 0.25) is 5.15 Å². The number of amides is 1. The van der Waals surface area contributed by atoms with E-state index in [1.54, 1.807) is 0 Å². The minimum absolute atomic E-state index is 0.0409. The molecule has 1 atom stereocenters. The fourth-order valence-corrected chi connectivity index (χ4v) is 3.25. The van der Waals surface area contributed by atoms with Gasteiger partial charge in [-0.2, -0.15) is 10.2 Å². The summed E-state index contributed by atoms with van der Waals surface area (Å²) in [6.45, 7) is 2.53. The molecular weight excluding hydrogens is 304 g/mol. The van der Waals surface area contributed by atoms with Crippen molar-refractivity contribution in [2.24, 2.45) is 0 Å². The van der Waals surface area contributed by atoms with Crippen molar-refractivity contribution >= 4 is 17.5 Å². The fourth-order valence-electron chi connectivity index (χ4n) is 3.02. The van der Waals surface area contributed by atoms with Gasteiger partial charge < -0.3 is 5.32 Å². The third kappa shape index (κ3) is 2.39. The van der Waals surface area contributed by atoms with E-state index in [0.29, 0.717) is 18.0 Å². The minimum Gasteiger partial charge on any atom is -0.347 e.